The maximum absolute atomic E-state index is 5.82. The summed E-state index contributed by atoms with van der Waals surface area (Å²) >= 11 is 0. The number of fused-ring (bicyclic) bond motifs is 1. The molecule has 2 heterocycles. The average molecular weight is 193 g/mol. The first-order valence-electron chi connectivity index (χ1n) is 4.82. The highest BCUT2D eigenvalue weighted by Crippen LogP contribution is 2.18. The highest BCUT2D eigenvalue weighted by molar-refractivity contribution is 5.41. The molecule has 14 heavy (non-hydrogen) atoms. The Kier molecular flexibility index (Phi) is 2.60. The summed E-state index contributed by atoms with van der Waals surface area (Å²) in [6.45, 7) is 1.81. The van der Waals surface area contributed by atoms with E-state index in [1.54, 1.807) is 6.33 Å². The lowest BCUT2D eigenvalue weighted by Crippen LogP contribution is -2.34. The summed E-state index contributed by atoms with van der Waals surface area (Å²) in [6, 6.07) is 0. The largest absolute Gasteiger partial charge is 0.383 e. The Labute approximate surface area is 83.3 Å². The molecule has 3 N–H and O–H groups in total. The number of hydrogen-bond donors (Lipinski definition) is 2. The number of rotatable bonds is 1. The minimum atomic E-state index is 0.608. The molecule has 0 amide bonds. The minimum absolute atomic E-state index is 0.608. The maximum atomic E-state index is 5.82. The number of nitrogens with one attached hydrogen (secondary N) is 1. The van der Waals surface area contributed by atoms with Crippen LogP contribution in [0.2, 0.25) is 0 Å². The molecule has 5 nitrogen and oxygen atoms in total. The molecule has 5 heteroatoms. The van der Waals surface area contributed by atoms with E-state index in [-0.39, 0.29) is 0 Å². The molecule has 1 aromatic heterocycles. The lowest BCUT2D eigenvalue weighted by atomic mass is 10.1. The number of hydrazine groups is 1. The second-order valence-corrected chi connectivity index (χ2v) is 3.43. The first-order chi connectivity index (χ1) is 6.81. The molecule has 0 fully saturated rings. The molecule has 2 rings (SSSR count). The van der Waals surface area contributed by atoms with Crippen LogP contribution in [0.4, 0.5) is 5.82 Å². The number of aryl methyl sites for hydroxylation is 1. The molecule has 0 bridgehead atoms. The van der Waals surface area contributed by atoms with Crippen molar-refractivity contribution in [1.82, 2.24) is 20.4 Å². The van der Waals surface area contributed by atoms with Gasteiger partial charge in [0.2, 0.25) is 0 Å². The molecule has 0 unspecified atom stereocenters. The number of anilines is 1. The van der Waals surface area contributed by atoms with Crippen molar-refractivity contribution in [1.29, 1.82) is 0 Å². The Morgan fingerprint density at radius 3 is 3.14 bits per heavy atom. The fourth-order valence-electron chi connectivity index (χ4n) is 1.75. The van der Waals surface area contributed by atoms with Gasteiger partial charge in [0.05, 0.1) is 5.69 Å². The van der Waals surface area contributed by atoms with Gasteiger partial charge in [-0.3, -0.25) is 5.43 Å². The molecule has 0 aromatic carbocycles. The van der Waals surface area contributed by atoms with Crippen LogP contribution < -0.4 is 11.2 Å². The summed E-state index contributed by atoms with van der Waals surface area (Å²) in [4.78, 5) is 8.28. The molecule has 0 spiro atoms. The first-order valence-corrected chi connectivity index (χ1v) is 4.82. The third kappa shape index (κ3) is 1.69. The summed E-state index contributed by atoms with van der Waals surface area (Å²) in [5, 5.41) is 2.13. The van der Waals surface area contributed by atoms with Crippen molar-refractivity contribution in [3.8, 4) is 0 Å². The van der Waals surface area contributed by atoms with Gasteiger partial charge in [0.1, 0.15) is 12.1 Å². The van der Waals surface area contributed by atoms with E-state index in [1.807, 2.05) is 7.05 Å². The smallest absolute Gasteiger partial charge is 0.131 e. The van der Waals surface area contributed by atoms with Gasteiger partial charge >= 0.3 is 0 Å². The second kappa shape index (κ2) is 3.89. The minimum Gasteiger partial charge on any atom is -0.383 e. The van der Waals surface area contributed by atoms with E-state index in [2.05, 4.69) is 20.4 Å². The van der Waals surface area contributed by atoms with E-state index in [9.17, 15) is 0 Å². The molecule has 0 saturated carbocycles. The predicted molar refractivity (Wildman–Crippen MR) is 54.2 cm³/mol. The molecular formula is C9H15N5. The van der Waals surface area contributed by atoms with E-state index < -0.39 is 0 Å². The Morgan fingerprint density at radius 1 is 1.50 bits per heavy atom. The Bertz CT molecular complexity index is 325. The van der Waals surface area contributed by atoms with Crippen LogP contribution in [0.1, 0.15) is 17.7 Å². The normalized spacial score (nSPS) is 17.5. The number of nitrogens with zero attached hydrogens (tertiary/aromatic N) is 3. The van der Waals surface area contributed by atoms with Crippen molar-refractivity contribution in [3.05, 3.63) is 17.6 Å². The van der Waals surface area contributed by atoms with Gasteiger partial charge in [-0.2, -0.15) is 0 Å². The highest BCUT2D eigenvalue weighted by Gasteiger charge is 2.16. The van der Waals surface area contributed by atoms with E-state index in [1.165, 1.54) is 0 Å². The predicted octanol–water partition coefficient (Wildman–Crippen LogP) is -0.0586. The lowest BCUT2D eigenvalue weighted by Gasteiger charge is -2.18. The van der Waals surface area contributed by atoms with Crippen LogP contribution in [-0.2, 0) is 13.0 Å². The molecule has 0 radical (unpaired) electrons. The maximum Gasteiger partial charge on any atom is 0.131 e. The van der Waals surface area contributed by atoms with Crippen LogP contribution in [0.25, 0.3) is 0 Å². The summed E-state index contributed by atoms with van der Waals surface area (Å²) in [5.41, 5.74) is 11.1. The van der Waals surface area contributed by atoms with Crippen LogP contribution in [0.3, 0.4) is 0 Å². The van der Waals surface area contributed by atoms with Gasteiger partial charge in [-0.1, -0.05) is 0 Å². The topological polar surface area (TPSA) is 67.1 Å². The fraction of sp³-hybridized carbons (Fsp3) is 0.556. The van der Waals surface area contributed by atoms with Gasteiger partial charge in [-0.05, 0) is 19.9 Å². The van der Waals surface area contributed by atoms with Gasteiger partial charge in [-0.15, -0.1) is 0 Å². The Balaban J connectivity index is 2.33. The van der Waals surface area contributed by atoms with E-state index in [0.717, 1.165) is 37.2 Å². The molecule has 1 aliphatic heterocycles. The van der Waals surface area contributed by atoms with Crippen LogP contribution >= 0.6 is 0 Å². The zero-order valence-corrected chi connectivity index (χ0v) is 8.32. The monoisotopic (exact) mass is 193 g/mol. The standard InChI is InChI=1S/C9H15N5/c1-11-14-4-2-3-8-7(5-14)9(10)13-6-12-8/h6,11H,2-5H2,1H3,(H2,10,12,13). The van der Waals surface area contributed by atoms with Crippen LogP contribution in [0.15, 0.2) is 6.33 Å². The summed E-state index contributed by atoms with van der Waals surface area (Å²) in [5.74, 6) is 0.608. The Morgan fingerprint density at radius 2 is 2.36 bits per heavy atom. The van der Waals surface area contributed by atoms with Gasteiger partial charge in [0.25, 0.3) is 0 Å². The molecular weight excluding hydrogens is 178 g/mol. The second-order valence-electron chi connectivity index (χ2n) is 3.43. The number of hydrogen-bond acceptors (Lipinski definition) is 5. The molecule has 0 aliphatic carbocycles. The van der Waals surface area contributed by atoms with Crippen LogP contribution in [0, 0.1) is 0 Å². The molecule has 1 aliphatic rings. The van der Waals surface area contributed by atoms with E-state index >= 15 is 0 Å². The van der Waals surface area contributed by atoms with Crippen molar-refractivity contribution in [2.24, 2.45) is 0 Å². The van der Waals surface area contributed by atoms with Gasteiger partial charge in [0.15, 0.2) is 0 Å². The molecule has 76 valence electrons. The van der Waals surface area contributed by atoms with E-state index in [0.29, 0.717) is 5.82 Å². The number of aromatic nitrogens is 2. The zero-order valence-electron chi connectivity index (χ0n) is 8.32. The summed E-state index contributed by atoms with van der Waals surface area (Å²) in [6.07, 6.45) is 3.63. The van der Waals surface area contributed by atoms with Crippen molar-refractivity contribution >= 4 is 5.82 Å². The molecule has 0 atom stereocenters. The SMILES string of the molecule is CNN1CCCc2ncnc(N)c2C1. The third-order valence-electron chi connectivity index (χ3n) is 2.57. The molecule has 1 aromatic rings. The van der Waals surface area contributed by atoms with Crippen molar-refractivity contribution in [3.63, 3.8) is 0 Å². The third-order valence-corrected chi connectivity index (χ3v) is 2.57. The summed E-state index contributed by atoms with van der Waals surface area (Å²) < 4.78 is 0. The quantitative estimate of drug-likeness (QED) is 0.654. The van der Waals surface area contributed by atoms with Crippen molar-refractivity contribution in [2.75, 3.05) is 19.3 Å². The Hall–Kier alpha value is -1.20. The van der Waals surface area contributed by atoms with Gasteiger partial charge < -0.3 is 5.73 Å². The zero-order chi connectivity index (χ0) is 9.97. The number of nitrogen functional groups attached to an aromatic ring is 1. The van der Waals surface area contributed by atoms with Crippen molar-refractivity contribution in [2.45, 2.75) is 19.4 Å². The highest BCUT2D eigenvalue weighted by atomic mass is 15.5. The summed E-state index contributed by atoms with van der Waals surface area (Å²) in [7, 11) is 1.92. The van der Waals surface area contributed by atoms with Crippen molar-refractivity contribution < 1.29 is 0 Å². The average Bonchev–Trinajstić information content (AvgIpc) is 2.40. The number of nitrogens with two attached hydrogens (primary N) is 1. The van der Waals surface area contributed by atoms with E-state index in [4.69, 9.17) is 5.73 Å². The van der Waals surface area contributed by atoms with Gasteiger partial charge in [0, 0.05) is 18.7 Å². The van der Waals surface area contributed by atoms with Crippen LogP contribution in [0.5, 0.6) is 0 Å². The van der Waals surface area contributed by atoms with Crippen LogP contribution in [-0.4, -0.2) is 28.6 Å². The molecule has 0 saturated heterocycles. The fourth-order valence-corrected chi connectivity index (χ4v) is 1.75. The first kappa shape index (κ1) is 9.36. The lowest BCUT2D eigenvalue weighted by molar-refractivity contribution is 0.202. The van der Waals surface area contributed by atoms with Gasteiger partial charge in [-0.25, -0.2) is 15.0 Å².